The second-order valence-corrected chi connectivity index (χ2v) is 4.60. The highest BCUT2D eigenvalue weighted by atomic mass is 16.1. The molecular weight excluding hydrogens is 212 g/mol. The third-order valence-corrected chi connectivity index (χ3v) is 3.43. The van der Waals surface area contributed by atoms with E-state index in [1.54, 1.807) is 0 Å². The molecule has 3 nitrogen and oxygen atoms in total. The molecule has 92 valence electrons. The van der Waals surface area contributed by atoms with E-state index in [2.05, 4.69) is 41.5 Å². The minimum atomic E-state index is 0.140. The molecule has 0 fully saturated rings. The van der Waals surface area contributed by atoms with E-state index < -0.39 is 0 Å². The summed E-state index contributed by atoms with van der Waals surface area (Å²) in [5.74, 6) is 0.140. The first-order valence-corrected chi connectivity index (χ1v) is 6.27. The van der Waals surface area contributed by atoms with Crippen molar-refractivity contribution in [1.29, 1.82) is 0 Å². The van der Waals surface area contributed by atoms with Crippen molar-refractivity contribution in [2.45, 2.75) is 25.8 Å². The number of carbonyl (C=O) groups is 1. The molecule has 1 atom stereocenters. The molecule has 0 aromatic heterocycles. The Morgan fingerprint density at radius 2 is 2.24 bits per heavy atom. The monoisotopic (exact) mass is 232 g/mol. The molecule has 1 heterocycles. The van der Waals surface area contributed by atoms with Crippen molar-refractivity contribution < 1.29 is 4.79 Å². The van der Waals surface area contributed by atoms with Gasteiger partial charge in [0.25, 0.3) is 0 Å². The van der Waals surface area contributed by atoms with Gasteiger partial charge in [0.15, 0.2) is 0 Å². The van der Waals surface area contributed by atoms with E-state index in [1.165, 1.54) is 11.1 Å². The van der Waals surface area contributed by atoms with Gasteiger partial charge in [0.05, 0.1) is 0 Å². The Bertz CT molecular complexity index is 403. The molecular formula is C14H20N2O. The van der Waals surface area contributed by atoms with Gasteiger partial charge in [-0.2, -0.15) is 0 Å². The van der Waals surface area contributed by atoms with Gasteiger partial charge in [0, 0.05) is 25.6 Å². The summed E-state index contributed by atoms with van der Waals surface area (Å²) in [7, 11) is 2.10. The zero-order valence-electron chi connectivity index (χ0n) is 10.6. The maximum atomic E-state index is 11.7. The van der Waals surface area contributed by atoms with Gasteiger partial charge in [-0.25, -0.2) is 0 Å². The summed E-state index contributed by atoms with van der Waals surface area (Å²) in [6, 6.07) is 8.68. The molecule has 1 aromatic rings. The first kappa shape index (κ1) is 12.1. The summed E-state index contributed by atoms with van der Waals surface area (Å²) < 4.78 is 0. The van der Waals surface area contributed by atoms with E-state index >= 15 is 0 Å². The molecule has 0 saturated carbocycles. The van der Waals surface area contributed by atoms with Gasteiger partial charge in [0.1, 0.15) is 0 Å². The molecule has 1 aliphatic rings. The summed E-state index contributed by atoms with van der Waals surface area (Å²) in [4.78, 5) is 14.0. The molecule has 3 heteroatoms. The normalized spacial score (nSPS) is 19.8. The smallest absolute Gasteiger partial charge is 0.221 e. The Hall–Kier alpha value is -1.35. The van der Waals surface area contributed by atoms with Crippen molar-refractivity contribution >= 4 is 5.91 Å². The maximum Gasteiger partial charge on any atom is 0.221 e. The number of rotatable bonds is 3. The Kier molecular flexibility index (Phi) is 3.79. The first-order valence-electron chi connectivity index (χ1n) is 6.27. The summed E-state index contributed by atoms with van der Waals surface area (Å²) >= 11 is 0. The topological polar surface area (TPSA) is 32.3 Å². The number of benzene rings is 1. The second kappa shape index (κ2) is 5.32. The third kappa shape index (κ3) is 2.67. The molecule has 1 aliphatic heterocycles. The first-order chi connectivity index (χ1) is 8.22. The number of hydrogen-bond acceptors (Lipinski definition) is 2. The molecule has 0 aliphatic carbocycles. The maximum absolute atomic E-state index is 11.7. The van der Waals surface area contributed by atoms with Gasteiger partial charge in [-0.15, -0.1) is 0 Å². The van der Waals surface area contributed by atoms with Crippen LogP contribution < -0.4 is 5.32 Å². The van der Waals surface area contributed by atoms with E-state index in [0.717, 1.165) is 13.0 Å². The number of amides is 1. The molecule has 1 amide bonds. The van der Waals surface area contributed by atoms with Crippen molar-refractivity contribution in [3.05, 3.63) is 35.4 Å². The average Bonchev–Trinajstić information content (AvgIpc) is 2.33. The van der Waals surface area contributed by atoms with Crippen molar-refractivity contribution in [1.82, 2.24) is 10.2 Å². The predicted molar refractivity (Wildman–Crippen MR) is 68.8 cm³/mol. The number of nitrogens with zero attached hydrogens (tertiary/aromatic N) is 1. The minimum absolute atomic E-state index is 0.140. The van der Waals surface area contributed by atoms with Gasteiger partial charge >= 0.3 is 0 Å². The van der Waals surface area contributed by atoms with E-state index in [1.807, 2.05) is 6.92 Å². The Morgan fingerprint density at radius 1 is 1.47 bits per heavy atom. The molecule has 17 heavy (non-hydrogen) atoms. The van der Waals surface area contributed by atoms with E-state index in [-0.39, 0.29) is 11.9 Å². The molecule has 0 saturated heterocycles. The fourth-order valence-electron chi connectivity index (χ4n) is 2.49. The lowest BCUT2D eigenvalue weighted by atomic mass is 9.91. The third-order valence-electron chi connectivity index (χ3n) is 3.43. The van der Waals surface area contributed by atoms with Gasteiger partial charge < -0.3 is 5.32 Å². The molecule has 0 radical (unpaired) electrons. The van der Waals surface area contributed by atoms with Crippen LogP contribution >= 0.6 is 0 Å². The minimum Gasteiger partial charge on any atom is -0.356 e. The number of carbonyl (C=O) groups excluding carboxylic acids is 1. The van der Waals surface area contributed by atoms with Gasteiger partial charge in [-0.05, 0) is 31.5 Å². The second-order valence-electron chi connectivity index (χ2n) is 4.60. The van der Waals surface area contributed by atoms with Gasteiger partial charge in [-0.3, -0.25) is 9.69 Å². The van der Waals surface area contributed by atoms with Crippen LogP contribution in [0.5, 0.6) is 0 Å². The molecule has 0 bridgehead atoms. The molecule has 1 aromatic carbocycles. The van der Waals surface area contributed by atoms with Crippen molar-refractivity contribution in [3.8, 4) is 0 Å². The van der Waals surface area contributed by atoms with Crippen LogP contribution in [0.4, 0.5) is 0 Å². The summed E-state index contributed by atoms with van der Waals surface area (Å²) in [5.41, 5.74) is 2.70. The fraction of sp³-hybridized carbons (Fsp3) is 0.500. The van der Waals surface area contributed by atoms with Crippen molar-refractivity contribution in [2.24, 2.45) is 0 Å². The predicted octanol–water partition coefficient (Wildman–Crippen LogP) is 1.74. The SMILES string of the molecule is CCNC(=O)C[C@@H]1c2ccccc2CCN1C. The largest absolute Gasteiger partial charge is 0.356 e. The number of hydrogen-bond donors (Lipinski definition) is 1. The van der Waals surface area contributed by atoms with Crippen LogP contribution in [0.3, 0.4) is 0 Å². The molecule has 0 unspecified atom stereocenters. The van der Waals surface area contributed by atoms with Crippen LogP contribution in [0, 0.1) is 0 Å². The van der Waals surface area contributed by atoms with Crippen LogP contribution in [-0.4, -0.2) is 30.9 Å². The number of likely N-dealkylation sites (N-methyl/N-ethyl adjacent to an activating group) is 1. The van der Waals surface area contributed by atoms with Crippen LogP contribution in [0.25, 0.3) is 0 Å². The fourth-order valence-corrected chi connectivity index (χ4v) is 2.49. The Labute approximate surface area is 103 Å². The van der Waals surface area contributed by atoms with Crippen LogP contribution in [0.15, 0.2) is 24.3 Å². The van der Waals surface area contributed by atoms with Crippen molar-refractivity contribution in [2.75, 3.05) is 20.1 Å². The van der Waals surface area contributed by atoms with E-state index in [4.69, 9.17) is 0 Å². The molecule has 0 spiro atoms. The van der Waals surface area contributed by atoms with Crippen LogP contribution in [0.1, 0.15) is 30.5 Å². The zero-order valence-corrected chi connectivity index (χ0v) is 10.6. The highest BCUT2D eigenvalue weighted by molar-refractivity contribution is 5.76. The summed E-state index contributed by atoms with van der Waals surface area (Å²) in [6.45, 7) is 3.69. The average molecular weight is 232 g/mol. The highest BCUT2D eigenvalue weighted by Gasteiger charge is 2.26. The van der Waals surface area contributed by atoms with Gasteiger partial charge in [0.2, 0.25) is 5.91 Å². The van der Waals surface area contributed by atoms with E-state index in [9.17, 15) is 4.79 Å². The lowest BCUT2D eigenvalue weighted by molar-refractivity contribution is -0.122. The van der Waals surface area contributed by atoms with Crippen molar-refractivity contribution in [3.63, 3.8) is 0 Å². The van der Waals surface area contributed by atoms with Crippen LogP contribution in [-0.2, 0) is 11.2 Å². The number of nitrogens with one attached hydrogen (secondary N) is 1. The lowest BCUT2D eigenvalue weighted by Gasteiger charge is -2.34. The quantitative estimate of drug-likeness (QED) is 0.861. The summed E-state index contributed by atoms with van der Waals surface area (Å²) in [5, 5.41) is 2.88. The highest BCUT2D eigenvalue weighted by Crippen LogP contribution is 2.30. The Balaban J connectivity index is 2.18. The van der Waals surface area contributed by atoms with Gasteiger partial charge in [-0.1, -0.05) is 24.3 Å². The van der Waals surface area contributed by atoms with E-state index in [0.29, 0.717) is 13.0 Å². The Morgan fingerprint density at radius 3 is 3.00 bits per heavy atom. The molecule has 2 rings (SSSR count). The number of fused-ring (bicyclic) bond motifs is 1. The lowest BCUT2D eigenvalue weighted by Crippen LogP contribution is -2.36. The zero-order chi connectivity index (χ0) is 12.3. The van der Waals surface area contributed by atoms with Crippen LogP contribution in [0.2, 0.25) is 0 Å². The molecule has 1 N–H and O–H groups in total. The standard InChI is InChI=1S/C14H20N2O/c1-3-15-14(17)10-13-12-7-5-4-6-11(12)8-9-16(13)2/h4-7,13H,3,8-10H2,1-2H3,(H,15,17)/t13-/m1/s1. The summed E-state index contributed by atoms with van der Waals surface area (Å²) in [6.07, 6.45) is 1.64.